The molecule has 1 N–H and O–H groups in total. The molecule has 1 fully saturated rings. The van der Waals surface area contributed by atoms with E-state index < -0.39 is 0 Å². The van der Waals surface area contributed by atoms with Gasteiger partial charge in [-0.2, -0.15) is 0 Å². The van der Waals surface area contributed by atoms with Crippen LogP contribution in [0, 0.1) is 5.92 Å². The van der Waals surface area contributed by atoms with Gasteiger partial charge in [0.25, 0.3) is 0 Å². The van der Waals surface area contributed by atoms with Crippen molar-refractivity contribution in [3.8, 4) is 0 Å². The van der Waals surface area contributed by atoms with Crippen LogP contribution >= 0.6 is 0 Å². The molecule has 1 heterocycles. The number of hydrogen-bond donors (Lipinski definition) is 1. The predicted octanol–water partition coefficient (Wildman–Crippen LogP) is 2.82. The third-order valence-corrected chi connectivity index (χ3v) is 4.91. The SMILES string of the molecule is CCCN1CCC(C(C)NCCCN(C)C(C)C)CC1. The van der Waals surface area contributed by atoms with Gasteiger partial charge < -0.3 is 15.1 Å². The van der Waals surface area contributed by atoms with Crippen LogP contribution in [0.4, 0.5) is 0 Å². The molecule has 1 atom stereocenters. The molecule has 0 radical (unpaired) electrons. The van der Waals surface area contributed by atoms with Gasteiger partial charge in [-0.15, -0.1) is 0 Å². The molecular formula is C17H37N3. The summed E-state index contributed by atoms with van der Waals surface area (Å²) in [5, 5.41) is 3.75. The summed E-state index contributed by atoms with van der Waals surface area (Å²) in [6, 6.07) is 1.35. The van der Waals surface area contributed by atoms with E-state index in [1.165, 1.54) is 51.9 Å². The summed E-state index contributed by atoms with van der Waals surface area (Å²) < 4.78 is 0. The average molecular weight is 284 g/mol. The zero-order valence-electron chi connectivity index (χ0n) is 14.5. The fraction of sp³-hybridized carbons (Fsp3) is 1.00. The first-order chi connectivity index (χ1) is 9.54. The van der Waals surface area contributed by atoms with Crippen molar-refractivity contribution in [2.75, 3.05) is 39.8 Å². The van der Waals surface area contributed by atoms with Crippen molar-refractivity contribution in [2.45, 2.75) is 65.5 Å². The summed E-state index contributed by atoms with van der Waals surface area (Å²) in [5.41, 5.74) is 0. The largest absolute Gasteiger partial charge is 0.314 e. The number of rotatable bonds is 9. The molecule has 0 bridgehead atoms. The monoisotopic (exact) mass is 283 g/mol. The topological polar surface area (TPSA) is 18.5 Å². The van der Waals surface area contributed by atoms with Crippen LogP contribution in [0.1, 0.15) is 53.4 Å². The highest BCUT2D eigenvalue weighted by atomic mass is 15.1. The van der Waals surface area contributed by atoms with Gasteiger partial charge >= 0.3 is 0 Å². The minimum absolute atomic E-state index is 0.662. The summed E-state index contributed by atoms with van der Waals surface area (Å²) in [6.07, 6.45) is 5.30. The van der Waals surface area contributed by atoms with Crippen molar-refractivity contribution in [1.82, 2.24) is 15.1 Å². The van der Waals surface area contributed by atoms with Gasteiger partial charge in [-0.1, -0.05) is 6.92 Å². The third-order valence-electron chi connectivity index (χ3n) is 4.91. The third kappa shape index (κ3) is 6.55. The van der Waals surface area contributed by atoms with E-state index >= 15 is 0 Å². The Morgan fingerprint density at radius 3 is 2.40 bits per heavy atom. The molecule has 3 nitrogen and oxygen atoms in total. The van der Waals surface area contributed by atoms with Gasteiger partial charge in [-0.05, 0) is 92.1 Å². The second kappa shape index (κ2) is 9.75. The molecule has 1 aliphatic rings. The number of nitrogens with one attached hydrogen (secondary N) is 1. The number of piperidine rings is 1. The molecule has 0 aromatic carbocycles. The molecule has 1 rings (SSSR count). The molecule has 3 heteroatoms. The first-order valence-electron chi connectivity index (χ1n) is 8.70. The van der Waals surface area contributed by atoms with E-state index in [0.717, 1.165) is 12.5 Å². The van der Waals surface area contributed by atoms with Crippen molar-refractivity contribution in [1.29, 1.82) is 0 Å². The van der Waals surface area contributed by atoms with Crippen molar-refractivity contribution in [2.24, 2.45) is 5.92 Å². The van der Waals surface area contributed by atoms with E-state index in [0.29, 0.717) is 12.1 Å². The lowest BCUT2D eigenvalue weighted by Crippen LogP contribution is -2.42. The molecule has 1 saturated heterocycles. The number of hydrogen-bond acceptors (Lipinski definition) is 3. The summed E-state index contributed by atoms with van der Waals surface area (Å²) in [6.45, 7) is 15.5. The Morgan fingerprint density at radius 1 is 1.20 bits per heavy atom. The molecule has 0 spiro atoms. The van der Waals surface area contributed by atoms with Gasteiger partial charge in [0.1, 0.15) is 0 Å². The maximum Gasteiger partial charge on any atom is 0.00679 e. The van der Waals surface area contributed by atoms with Crippen LogP contribution < -0.4 is 5.32 Å². The lowest BCUT2D eigenvalue weighted by Gasteiger charge is -2.35. The second-order valence-corrected chi connectivity index (χ2v) is 6.85. The lowest BCUT2D eigenvalue weighted by molar-refractivity contribution is 0.162. The molecular weight excluding hydrogens is 246 g/mol. The van der Waals surface area contributed by atoms with E-state index in [2.05, 4.69) is 49.9 Å². The standard InChI is InChI=1S/C17H37N3/c1-6-11-20-13-8-17(9-14-20)16(4)18-10-7-12-19(5)15(2)3/h15-18H,6-14H2,1-5H3. The molecule has 1 aliphatic heterocycles. The Bertz CT molecular complexity index is 234. The first kappa shape index (κ1) is 17.9. The van der Waals surface area contributed by atoms with Crippen molar-refractivity contribution < 1.29 is 0 Å². The fourth-order valence-corrected chi connectivity index (χ4v) is 3.08. The Morgan fingerprint density at radius 2 is 1.85 bits per heavy atom. The minimum atomic E-state index is 0.662. The van der Waals surface area contributed by atoms with Crippen molar-refractivity contribution in [3.63, 3.8) is 0 Å². The molecule has 0 amide bonds. The molecule has 20 heavy (non-hydrogen) atoms. The van der Waals surface area contributed by atoms with Gasteiger partial charge in [0.05, 0.1) is 0 Å². The second-order valence-electron chi connectivity index (χ2n) is 6.85. The van der Waals surface area contributed by atoms with E-state index in [4.69, 9.17) is 0 Å². The highest BCUT2D eigenvalue weighted by Gasteiger charge is 2.22. The molecule has 0 saturated carbocycles. The Labute approximate surface area is 127 Å². The van der Waals surface area contributed by atoms with Crippen LogP contribution in [0.15, 0.2) is 0 Å². The van der Waals surface area contributed by atoms with E-state index in [1.807, 2.05) is 0 Å². The molecule has 1 unspecified atom stereocenters. The van der Waals surface area contributed by atoms with Crippen molar-refractivity contribution in [3.05, 3.63) is 0 Å². The van der Waals surface area contributed by atoms with Gasteiger partial charge in [0.15, 0.2) is 0 Å². The van der Waals surface area contributed by atoms with Crippen molar-refractivity contribution >= 4 is 0 Å². The maximum atomic E-state index is 3.75. The zero-order chi connectivity index (χ0) is 15.0. The molecule has 0 aromatic heterocycles. The Hall–Kier alpha value is -0.120. The predicted molar refractivity (Wildman–Crippen MR) is 89.3 cm³/mol. The molecule has 120 valence electrons. The minimum Gasteiger partial charge on any atom is -0.314 e. The first-order valence-corrected chi connectivity index (χ1v) is 8.70. The zero-order valence-corrected chi connectivity index (χ0v) is 14.5. The summed E-state index contributed by atoms with van der Waals surface area (Å²) >= 11 is 0. The smallest absolute Gasteiger partial charge is 0.00679 e. The van der Waals surface area contributed by atoms with Gasteiger partial charge in [0, 0.05) is 12.1 Å². The molecule has 0 aliphatic carbocycles. The quantitative estimate of drug-likeness (QED) is 0.657. The lowest BCUT2D eigenvalue weighted by atomic mass is 9.90. The fourth-order valence-electron chi connectivity index (χ4n) is 3.08. The number of likely N-dealkylation sites (tertiary alicyclic amines) is 1. The van der Waals surface area contributed by atoms with E-state index in [9.17, 15) is 0 Å². The van der Waals surface area contributed by atoms with Crippen LogP contribution in [0.5, 0.6) is 0 Å². The maximum absolute atomic E-state index is 3.75. The highest BCUT2D eigenvalue weighted by Crippen LogP contribution is 2.20. The van der Waals surface area contributed by atoms with Gasteiger partial charge in [0.2, 0.25) is 0 Å². The van der Waals surface area contributed by atoms with Crippen LogP contribution in [-0.2, 0) is 0 Å². The van der Waals surface area contributed by atoms with Gasteiger partial charge in [-0.25, -0.2) is 0 Å². The van der Waals surface area contributed by atoms with E-state index in [-0.39, 0.29) is 0 Å². The Kier molecular flexibility index (Phi) is 8.74. The van der Waals surface area contributed by atoms with Crippen LogP contribution in [-0.4, -0.2) is 61.7 Å². The van der Waals surface area contributed by atoms with Gasteiger partial charge in [-0.3, -0.25) is 0 Å². The summed E-state index contributed by atoms with van der Waals surface area (Å²) in [5.74, 6) is 0.880. The highest BCUT2D eigenvalue weighted by molar-refractivity contribution is 4.79. The van der Waals surface area contributed by atoms with E-state index in [1.54, 1.807) is 0 Å². The van der Waals surface area contributed by atoms with Crippen LogP contribution in [0.2, 0.25) is 0 Å². The van der Waals surface area contributed by atoms with Crippen LogP contribution in [0.25, 0.3) is 0 Å². The number of nitrogens with zero attached hydrogens (tertiary/aromatic N) is 2. The van der Waals surface area contributed by atoms with Crippen LogP contribution in [0.3, 0.4) is 0 Å². The normalized spacial score (nSPS) is 19.9. The average Bonchev–Trinajstić information content (AvgIpc) is 2.44. The molecule has 0 aromatic rings. The summed E-state index contributed by atoms with van der Waals surface area (Å²) in [7, 11) is 2.22. The Balaban J connectivity index is 2.10. The summed E-state index contributed by atoms with van der Waals surface area (Å²) in [4.78, 5) is 5.05.